The van der Waals surface area contributed by atoms with E-state index in [-0.39, 0.29) is 24.4 Å². The van der Waals surface area contributed by atoms with E-state index in [1.807, 2.05) is 0 Å². The van der Waals surface area contributed by atoms with Gasteiger partial charge in [0.25, 0.3) is 11.8 Å². The van der Waals surface area contributed by atoms with Crippen molar-refractivity contribution in [1.82, 2.24) is 10.6 Å². The van der Waals surface area contributed by atoms with Crippen LogP contribution in [0.4, 0.5) is 5.69 Å². The van der Waals surface area contributed by atoms with Crippen LogP contribution in [0.3, 0.4) is 0 Å². The number of hydrogen-bond donors (Lipinski definition) is 2. The number of carbonyl (C=O) groups excluding carboxylic acids is 4. The maximum Gasteiger partial charge on any atom is 0.326 e. The fraction of sp³-hybridized carbons (Fsp3) is 0.565. The van der Waals surface area contributed by atoms with Crippen molar-refractivity contribution in [3.8, 4) is 0 Å². The van der Waals surface area contributed by atoms with E-state index in [0.29, 0.717) is 24.4 Å². The van der Waals surface area contributed by atoms with E-state index >= 15 is 0 Å². The molecule has 1 aliphatic carbocycles. The molecule has 1 heterocycles. The lowest BCUT2D eigenvalue weighted by molar-refractivity contribution is -0.154. The van der Waals surface area contributed by atoms with Crippen LogP contribution in [0, 0.1) is 5.92 Å². The highest BCUT2D eigenvalue weighted by Crippen LogP contribution is 2.24. The zero-order chi connectivity index (χ0) is 22.4. The van der Waals surface area contributed by atoms with Gasteiger partial charge < -0.3 is 20.3 Å². The second-order valence-corrected chi connectivity index (χ2v) is 8.39. The van der Waals surface area contributed by atoms with Crippen molar-refractivity contribution in [2.24, 2.45) is 5.92 Å². The summed E-state index contributed by atoms with van der Waals surface area (Å²) >= 11 is 0. The highest BCUT2D eigenvalue weighted by atomic mass is 16.5. The second-order valence-electron chi connectivity index (χ2n) is 8.39. The molecular formula is C23H31N3O5. The van der Waals surface area contributed by atoms with Gasteiger partial charge >= 0.3 is 5.97 Å². The van der Waals surface area contributed by atoms with Crippen LogP contribution in [-0.2, 0) is 19.1 Å². The number of rotatable bonds is 7. The van der Waals surface area contributed by atoms with Crippen molar-refractivity contribution in [1.29, 1.82) is 0 Å². The monoisotopic (exact) mass is 429 g/mol. The molecule has 1 aliphatic heterocycles. The molecule has 1 saturated carbocycles. The van der Waals surface area contributed by atoms with Crippen LogP contribution in [0.2, 0.25) is 0 Å². The molecule has 8 heteroatoms. The first-order valence-corrected chi connectivity index (χ1v) is 11.0. The third-order valence-corrected chi connectivity index (χ3v) is 6.02. The molecule has 8 nitrogen and oxygen atoms in total. The summed E-state index contributed by atoms with van der Waals surface area (Å²) in [4.78, 5) is 50.1. The minimum absolute atomic E-state index is 0.0797. The van der Waals surface area contributed by atoms with Gasteiger partial charge in [-0.3, -0.25) is 19.2 Å². The van der Waals surface area contributed by atoms with Crippen LogP contribution < -0.4 is 15.5 Å². The molecule has 0 aromatic heterocycles. The molecule has 2 aliphatic rings. The molecule has 0 radical (unpaired) electrons. The number of amides is 3. The van der Waals surface area contributed by atoms with Crippen LogP contribution in [0.1, 0.15) is 62.7 Å². The zero-order valence-corrected chi connectivity index (χ0v) is 18.2. The van der Waals surface area contributed by atoms with Gasteiger partial charge in [-0.2, -0.15) is 0 Å². The fourth-order valence-electron chi connectivity index (χ4n) is 4.09. The van der Waals surface area contributed by atoms with Gasteiger partial charge in [0.05, 0.1) is 0 Å². The summed E-state index contributed by atoms with van der Waals surface area (Å²) in [6, 6.07) is 6.77. The summed E-state index contributed by atoms with van der Waals surface area (Å²) < 4.78 is 5.16. The Morgan fingerprint density at radius 2 is 1.84 bits per heavy atom. The molecule has 0 unspecified atom stereocenters. The molecular weight excluding hydrogens is 398 g/mol. The van der Waals surface area contributed by atoms with E-state index in [0.717, 1.165) is 31.4 Å². The summed E-state index contributed by atoms with van der Waals surface area (Å²) in [6.45, 7) is 4.00. The lowest BCUT2D eigenvalue weighted by atomic mass is 9.86. The molecule has 0 bridgehead atoms. The molecule has 1 saturated heterocycles. The molecule has 3 amide bonds. The molecule has 1 aromatic rings. The lowest BCUT2D eigenvalue weighted by Crippen LogP contribution is -2.46. The Balaban J connectivity index is 1.42. The molecule has 1 aromatic carbocycles. The Morgan fingerprint density at radius 3 is 2.48 bits per heavy atom. The van der Waals surface area contributed by atoms with Crippen molar-refractivity contribution in [2.45, 2.75) is 64.5 Å². The zero-order valence-electron chi connectivity index (χ0n) is 18.2. The van der Waals surface area contributed by atoms with E-state index in [9.17, 15) is 19.2 Å². The van der Waals surface area contributed by atoms with Crippen molar-refractivity contribution in [2.75, 3.05) is 18.0 Å². The van der Waals surface area contributed by atoms with Gasteiger partial charge in [-0.25, -0.2) is 0 Å². The fourth-order valence-corrected chi connectivity index (χ4v) is 4.09. The van der Waals surface area contributed by atoms with Gasteiger partial charge in [-0.05, 0) is 56.4 Å². The first kappa shape index (κ1) is 22.8. The largest absolute Gasteiger partial charge is 0.451 e. The average molecular weight is 430 g/mol. The van der Waals surface area contributed by atoms with Gasteiger partial charge in [0.1, 0.15) is 6.54 Å². The first-order chi connectivity index (χ1) is 14.8. The van der Waals surface area contributed by atoms with Gasteiger partial charge in [-0.15, -0.1) is 0 Å². The van der Waals surface area contributed by atoms with Crippen LogP contribution in [0.15, 0.2) is 24.3 Å². The van der Waals surface area contributed by atoms with Crippen LogP contribution in [-0.4, -0.2) is 48.9 Å². The Labute approximate surface area is 182 Å². The smallest absolute Gasteiger partial charge is 0.326 e. The topological polar surface area (TPSA) is 105 Å². The van der Waals surface area contributed by atoms with Crippen molar-refractivity contribution < 1.29 is 23.9 Å². The van der Waals surface area contributed by atoms with Crippen molar-refractivity contribution >= 4 is 29.4 Å². The standard InChI is InChI=1S/C23H31N3O5/c1-15-6-3-4-7-19(15)25-22(29)16(2)31-21(28)14-24-23(30)17-9-11-18(12-10-17)26-13-5-8-20(26)27/h9-12,15-16,19H,3-8,13-14H2,1-2H3,(H,24,30)(H,25,29)/t15-,16-,19-/m1/s1. The van der Waals surface area contributed by atoms with E-state index in [2.05, 4.69) is 17.6 Å². The summed E-state index contributed by atoms with van der Waals surface area (Å²) in [5, 5.41) is 5.47. The van der Waals surface area contributed by atoms with Crippen LogP contribution in [0.25, 0.3) is 0 Å². The Morgan fingerprint density at radius 1 is 1.13 bits per heavy atom. The summed E-state index contributed by atoms with van der Waals surface area (Å²) in [5.74, 6) is -0.923. The quantitative estimate of drug-likeness (QED) is 0.647. The predicted molar refractivity (Wildman–Crippen MR) is 115 cm³/mol. The number of nitrogens with one attached hydrogen (secondary N) is 2. The summed E-state index contributed by atoms with van der Waals surface area (Å²) in [7, 11) is 0. The van der Waals surface area contributed by atoms with Crippen LogP contribution in [0.5, 0.6) is 0 Å². The highest BCUT2D eigenvalue weighted by molar-refractivity contribution is 5.98. The molecule has 2 fully saturated rings. The molecule has 3 atom stereocenters. The highest BCUT2D eigenvalue weighted by Gasteiger charge is 2.26. The van der Waals surface area contributed by atoms with Crippen LogP contribution >= 0.6 is 0 Å². The third kappa shape index (κ3) is 6.06. The number of anilines is 1. The van der Waals surface area contributed by atoms with E-state index < -0.39 is 18.0 Å². The number of benzene rings is 1. The number of nitrogens with zero attached hydrogens (tertiary/aromatic N) is 1. The molecule has 0 spiro atoms. The number of ether oxygens (including phenoxy) is 1. The van der Waals surface area contributed by atoms with Gasteiger partial charge in [0.15, 0.2) is 6.10 Å². The number of esters is 1. The van der Waals surface area contributed by atoms with Gasteiger partial charge in [0, 0.05) is 30.3 Å². The number of hydrogen-bond acceptors (Lipinski definition) is 5. The predicted octanol–water partition coefficient (Wildman–Crippen LogP) is 2.17. The Bertz CT molecular complexity index is 823. The molecule has 3 rings (SSSR count). The third-order valence-electron chi connectivity index (χ3n) is 6.02. The number of carbonyl (C=O) groups is 4. The maximum absolute atomic E-state index is 12.3. The lowest BCUT2D eigenvalue weighted by Gasteiger charge is -2.30. The minimum Gasteiger partial charge on any atom is -0.451 e. The Kier molecular flexibility index (Phi) is 7.65. The maximum atomic E-state index is 12.3. The van der Waals surface area contributed by atoms with E-state index in [1.54, 1.807) is 29.2 Å². The molecule has 168 valence electrons. The van der Waals surface area contributed by atoms with Crippen molar-refractivity contribution in [3.05, 3.63) is 29.8 Å². The molecule has 31 heavy (non-hydrogen) atoms. The Hall–Kier alpha value is -2.90. The van der Waals surface area contributed by atoms with Gasteiger partial charge in [-0.1, -0.05) is 19.8 Å². The van der Waals surface area contributed by atoms with Crippen molar-refractivity contribution in [3.63, 3.8) is 0 Å². The second kappa shape index (κ2) is 10.4. The normalized spacial score (nSPS) is 22.0. The van der Waals surface area contributed by atoms with E-state index in [4.69, 9.17) is 4.74 Å². The first-order valence-electron chi connectivity index (χ1n) is 11.0. The van der Waals surface area contributed by atoms with Gasteiger partial charge in [0.2, 0.25) is 5.91 Å². The SMILES string of the molecule is C[C@@H]1CCCC[C@H]1NC(=O)[C@@H](C)OC(=O)CNC(=O)c1ccc(N2CCCC2=O)cc1. The van der Waals surface area contributed by atoms with E-state index in [1.165, 1.54) is 13.3 Å². The summed E-state index contributed by atoms with van der Waals surface area (Å²) in [5.41, 5.74) is 1.13. The molecule has 2 N–H and O–H groups in total. The summed E-state index contributed by atoms with van der Waals surface area (Å²) in [6.07, 6.45) is 4.74. The average Bonchev–Trinajstić information content (AvgIpc) is 3.19. The minimum atomic E-state index is -0.921.